The third-order valence-corrected chi connectivity index (χ3v) is 2.49. The summed E-state index contributed by atoms with van der Waals surface area (Å²) in [5, 5.41) is 13.6. The van der Waals surface area contributed by atoms with Crippen molar-refractivity contribution < 1.29 is 14.7 Å². The maximum absolute atomic E-state index is 11.8. The van der Waals surface area contributed by atoms with E-state index in [1.54, 1.807) is 18.2 Å². The summed E-state index contributed by atoms with van der Waals surface area (Å²) in [7, 11) is 1.50. The number of aryl methyl sites for hydroxylation is 1. The molecule has 5 nitrogen and oxygen atoms in total. The molecule has 0 spiro atoms. The van der Waals surface area contributed by atoms with Gasteiger partial charge in [0, 0.05) is 18.2 Å². The van der Waals surface area contributed by atoms with Crippen LogP contribution in [0, 0.1) is 18.8 Å². The first-order valence-corrected chi connectivity index (χ1v) is 5.77. The lowest BCUT2D eigenvalue weighted by atomic mass is 10.0. The van der Waals surface area contributed by atoms with Crippen molar-refractivity contribution in [3.8, 4) is 11.8 Å². The van der Waals surface area contributed by atoms with Gasteiger partial charge in [-0.25, -0.2) is 0 Å². The van der Waals surface area contributed by atoms with E-state index in [9.17, 15) is 9.59 Å². The predicted molar refractivity (Wildman–Crippen MR) is 71.5 cm³/mol. The van der Waals surface area contributed by atoms with Crippen LogP contribution in [0.5, 0.6) is 0 Å². The molecule has 0 fully saturated rings. The molecule has 2 amide bonds. The Morgan fingerprint density at radius 3 is 2.74 bits per heavy atom. The summed E-state index contributed by atoms with van der Waals surface area (Å²) >= 11 is 0. The van der Waals surface area contributed by atoms with E-state index in [2.05, 4.69) is 22.5 Å². The zero-order valence-electron chi connectivity index (χ0n) is 10.9. The van der Waals surface area contributed by atoms with Gasteiger partial charge in [-0.1, -0.05) is 17.9 Å². The first-order chi connectivity index (χ1) is 9.08. The van der Waals surface area contributed by atoms with Gasteiger partial charge in [-0.2, -0.15) is 0 Å². The number of benzene rings is 1. The van der Waals surface area contributed by atoms with Crippen molar-refractivity contribution >= 4 is 11.8 Å². The van der Waals surface area contributed by atoms with E-state index in [0.717, 1.165) is 5.56 Å². The van der Waals surface area contributed by atoms with Gasteiger partial charge < -0.3 is 15.7 Å². The van der Waals surface area contributed by atoms with Crippen LogP contribution < -0.4 is 10.6 Å². The highest BCUT2D eigenvalue weighted by atomic mass is 16.2. The number of carbonyl (C=O) groups is 2. The largest absolute Gasteiger partial charge is 0.384 e. The lowest BCUT2D eigenvalue weighted by Gasteiger charge is -2.06. The molecule has 0 radical (unpaired) electrons. The number of aliphatic hydroxyl groups is 1. The number of hydrogen-bond acceptors (Lipinski definition) is 3. The molecule has 3 N–H and O–H groups in total. The molecule has 100 valence electrons. The lowest BCUT2D eigenvalue weighted by molar-refractivity contribution is -0.119. The Bertz CT molecular complexity index is 541. The minimum absolute atomic E-state index is 0.0686. The summed E-state index contributed by atoms with van der Waals surface area (Å²) in [6.45, 7) is 1.57. The van der Waals surface area contributed by atoms with Crippen molar-refractivity contribution in [1.82, 2.24) is 10.6 Å². The molecule has 1 rings (SSSR count). The van der Waals surface area contributed by atoms with Gasteiger partial charge >= 0.3 is 0 Å². The van der Waals surface area contributed by atoms with Crippen molar-refractivity contribution in [3.05, 3.63) is 34.9 Å². The van der Waals surface area contributed by atoms with Crippen LogP contribution in [0.15, 0.2) is 18.2 Å². The van der Waals surface area contributed by atoms with E-state index in [1.165, 1.54) is 7.05 Å². The summed E-state index contributed by atoms with van der Waals surface area (Å²) in [5.74, 6) is 4.71. The normalized spacial score (nSPS) is 9.21. The topological polar surface area (TPSA) is 78.4 Å². The van der Waals surface area contributed by atoms with Gasteiger partial charge in [0.25, 0.3) is 5.91 Å². The zero-order valence-corrected chi connectivity index (χ0v) is 10.9. The van der Waals surface area contributed by atoms with Gasteiger partial charge in [0.05, 0.1) is 6.54 Å². The number of aliphatic hydroxyl groups excluding tert-OH is 1. The molecule has 0 bridgehead atoms. The Morgan fingerprint density at radius 1 is 1.37 bits per heavy atom. The third-order valence-electron chi connectivity index (χ3n) is 2.49. The van der Waals surface area contributed by atoms with Crippen molar-refractivity contribution in [2.24, 2.45) is 0 Å². The molecule has 1 aromatic carbocycles. The van der Waals surface area contributed by atoms with Crippen LogP contribution >= 0.6 is 0 Å². The van der Waals surface area contributed by atoms with E-state index in [0.29, 0.717) is 11.1 Å². The number of likely N-dealkylation sites (N-methyl/N-ethyl adjacent to an activating group) is 1. The molecular weight excluding hydrogens is 244 g/mol. The average Bonchev–Trinajstić information content (AvgIpc) is 2.43. The molecule has 0 aliphatic heterocycles. The van der Waals surface area contributed by atoms with Crippen molar-refractivity contribution in [1.29, 1.82) is 0 Å². The molecule has 0 atom stereocenters. The maximum Gasteiger partial charge on any atom is 0.251 e. The highest BCUT2D eigenvalue weighted by Gasteiger charge is 2.08. The molecule has 0 unspecified atom stereocenters. The minimum Gasteiger partial charge on any atom is -0.384 e. The SMILES string of the molecule is CNC(=O)CNC(=O)c1ccc(C)c(C#CCO)c1. The highest BCUT2D eigenvalue weighted by Crippen LogP contribution is 2.10. The van der Waals surface area contributed by atoms with Gasteiger partial charge in [0.1, 0.15) is 6.61 Å². The average molecular weight is 260 g/mol. The Labute approximate surface area is 112 Å². The van der Waals surface area contributed by atoms with Crippen LogP contribution in [-0.2, 0) is 4.79 Å². The van der Waals surface area contributed by atoms with Crippen molar-refractivity contribution in [3.63, 3.8) is 0 Å². The molecule has 5 heteroatoms. The second-order valence-corrected chi connectivity index (χ2v) is 3.85. The smallest absolute Gasteiger partial charge is 0.251 e. The van der Waals surface area contributed by atoms with Crippen molar-refractivity contribution in [2.45, 2.75) is 6.92 Å². The Kier molecular flexibility index (Phi) is 5.58. The van der Waals surface area contributed by atoms with Gasteiger partial charge in [0.15, 0.2) is 0 Å². The zero-order chi connectivity index (χ0) is 14.3. The first-order valence-electron chi connectivity index (χ1n) is 5.77. The molecule has 0 saturated heterocycles. The maximum atomic E-state index is 11.8. The molecular formula is C14H16N2O3. The molecule has 0 aromatic heterocycles. The molecule has 0 aliphatic rings. The fourth-order valence-electron chi connectivity index (χ4n) is 1.38. The summed E-state index contributed by atoms with van der Waals surface area (Å²) < 4.78 is 0. The van der Waals surface area contributed by atoms with E-state index < -0.39 is 0 Å². The molecule has 0 heterocycles. The standard InChI is InChI=1S/C14H16N2O3/c1-10-5-6-12(8-11(10)4-3-7-17)14(19)16-9-13(18)15-2/h5-6,8,17H,7,9H2,1-2H3,(H,15,18)(H,16,19). The Hall–Kier alpha value is -2.32. The van der Waals surface area contributed by atoms with Crippen molar-refractivity contribution in [2.75, 3.05) is 20.2 Å². The molecule has 0 saturated carbocycles. The van der Waals surface area contributed by atoms with Crippen LogP contribution in [0.1, 0.15) is 21.5 Å². The quantitative estimate of drug-likeness (QED) is 0.659. The number of nitrogens with one attached hydrogen (secondary N) is 2. The number of rotatable bonds is 3. The molecule has 1 aromatic rings. The van der Waals surface area contributed by atoms with Gasteiger partial charge in [-0.3, -0.25) is 9.59 Å². The molecule has 19 heavy (non-hydrogen) atoms. The van der Waals surface area contributed by atoms with Crippen LogP contribution in [0.3, 0.4) is 0 Å². The number of carbonyl (C=O) groups excluding carboxylic acids is 2. The summed E-state index contributed by atoms with van der Waals surface area (Å²) in [4.78, 5) is 22.8. The first kappa shape index (κ1) is 14.7. The fraction of sp³-hybridized carbons (Fsp3) is 0.286. The second-order valence-electron chi connectivity index (χ2n) is 3.85. The van der Waals surface area contributed by atoms with Crippen LogP contribution in [0.2, 0.25) is 0 Å². The van der Waals surface area contributed by atoms with E-state index in [-0.39, 0.29) is 25.0 Å². The Balaban J connectivity index is 2.83. The van der Waals surface area contributed by atoms with E-state index >= 15 is 0 Å². The van der Waals surface area contributed by atoms with Crippen LogP contribution in [0.4, 0.5) is 0 Å². The van der Waals surface area contributed by atoms with Gasteiger partial charge in [-0.05, 0) is 24.6 Å². The predicted octanol–water partition coefficient (Wildman–Crippen LogP) is -0.185. The molecule has 0 aliphatic carbocycles. The van der Waals surface area contributed by atoms with Gasteiger partial charge in [-0.15, -0.1) is 0 Å². The third kappa shape index (κ3) is 4.45. The van der Waals surface area contributed by atoms with Gasteiger partial charge in [0.2, 0.25) is 5.91 Å². The lowest BCUT2D eigenvalue weighted by Crippen LogP contribution is -2.35. The Morgan fingerprint density at radius 2 is 2.11 bits per heavy atom. The summed E-state index contributed by atoms with van der Waals surface area (Å²) in [6.07, 6.45) is 0. The van der Waals surface area contributed by atoms with E-state index in [4.69, 9.17) is 5.11 Å². The number of hydrogen-bond donors (Lipinski definition) is 3. The van der Waals surface area contributed by atoms with Crippen LogP contribution in [0.25, 0.3) is 0 Å². The summed E-state index contributed by atoms with van der Waals surface area (Å²) in [6, 6.07) is 5.08. The fourth-order valence-corrected chi connectivity index (χ4v) is 1.38. The minimum atomic E-state index is -0.337. The van der Waals surface area contributed by atoms with Crippen LogP contribution in [-0.4, -0.2) is 37.1 Å². The van der Waals surface area contributed by atoms with E-state index in [1.807, 2.05) is 6.92 Å². The number of amides is 2. The monoisotopic (exact) mass is 260 g/mol. The second kappa shape index (κ2) is 7.19. The summed E-state index contributed by atoms with van der Waals surface area (Å²) in [5.41, 5.74) is 2.03. The highest BCUT2D eigenvalue weighted by molar-refractivity contribution is 5.96.